The Bertz CT molecular complexity index is 571. The zero-order chi connectivity index (χ0) is 14.6. The van der Waals surface area contributed by atoms with Crippen LogP contribution >= 0.6 is 0 Å². The molecular weight excluding hydrogens is 272 g/mol. The molecule has 1 aromatic rings. The second-order valence-electron chi connectivity index (χ2n) is 3.96. The molecule has 0 aromatic heterocycles. The smallest absolute Gasteiger partial charge is 0.292 e. The van der Waals surface area contributed by atoms with Crippen molar-refractivity contribution in [3.05, 3.63) is 28.3 Å². The molecule has 0 amide bonds. The van der Waals surface area contributed by atoms with Gasteiger partial charge in [0.25, 0.3) is 15.7 Å². The van der Waals surface area contributed by atoms with E-state index in [9.17, 15) is 18.5 Å². The molecule has 0 unspecified atom stereocenters. The molecule has 0 radical (unpaired) electrons. The normalized spacial score (nSPS) is 11.6. The quantitative estimate of drug-likeness (QED) is 0.592. The minimum absolute atomic E-state index is 0.0391. The molecule has 8 nitrogen and oxygen atoms in total. The first-order valence-electron chi connectivity index (χ1n) is 5.50. The molecule has 0 fully saturated rings. The predicted octanol–water partition coefficient (Wildman–Crippen LogP) is 0.781. The van der Waals surface area contributed by atoms with Gasteiger partial charge in [0.2, 0.25) is 0 Å². The predicted molar refractivity (Wildman–Crippen MR) is 71.3 cm³/mol. The standard InChI is InChI=1S/C10H16N4O4S/c1-4-11-9-7-8(5-6-10(9)14(15)16)19(17,18)12-13(2)3/h5-7,11-12H,4H2,1-3H3. The van der Waals surface area contributed by atoms with Crippen molar-refractivity contribution < 1.29 is 13.3 Å². The van der Waals surface area contributed by atoms with Gasteiger partial charge in [-0.15, -0.1) is 4.83 Å². The van der Waals surface area contributed by atoms with Gasteiger partial charge in [-0.1, -0.05) is 0 Å². The number of nitrogens with zero attached hydrogens (tertiary/aromatic N) is 2. The van der Waals surface area contributed by atoms with Crippen LogP contribution in [0.25, 0.3) is 0 Å². The highest BCUT2D eigenvalue weighted by atomic mass is 32.2. The maximum absolute atomic E-state index is 11.9. The molecule has 19 heavy (non-hydrogen) atoms. The zero-order valence-electron chi connectivity index (χ0n) is 10.9. The number of rotatable bonds is 6. The Morgan fingerprint density at radius 2 is 2.00 bits per heavy atom. The highest BCUT2D eigenvalue weighted by molar-refractivity contribution is 7.89. The average Bonchev–Trinajstić information content (AvgIpc) is 2.27. The third-order valence-electron chi connectivity index (χ3n) is 2.14. The fourth-order valence-electron chi connectivity index (χ4n) is 1.47. The molecule has 1 aromatic carbocycles. The van der Waals surface area contributed by atoms with E-state index in [1.165, 1.54) is 37.3 Å². The van der Waals surface area contributed by atoms with Crippen LogP contribution < -0.4 is 10.1 Å². The van der Waals surface area contributed by atoms with Gasteiger partial charge in [-0.25, -0.2) is 13.4 Å². The van der Waals surface area contributed by atoms with Crippen molar-refractivity contribution >= 4 is 21.4 Å². The highest BCUT2D eigenvalue weighted by Crippen LogP contribution is 2.27. The van der Waals surface area contributed by atoms with Crippen LogP contribution in [0.5, 0.6) is 0 Å². The SMILES string of the molecule is CCNc1cc(S(=O)(=O)NN(C)C)ccc1[N+](=O)[O-]. The minimum atomic E-state index is -3.73. The first-order valence-corrected chi connectivity index (χ1v) is 6.98. The Morgan fingerprint density at radius 1 is 1.37 bits per heavy atom. The zero-order valence-corrected chi connectivity index (χ0v) is 11.7. The Hall–Kier alpha value is -1.71. The van der Waals surface area contributed by atoms with Crippen LogP contribution in [0.15, 0.2) is 23.1 Å². The number of benzene rings is 1. The summed E-state index contributed by atoms with van der Waals surface area (Å²) < 4.78 is 23.9. The Labute approximate surface area is 111 Å². The molecule has 0 aliphatic rings. The van der Waals surface area contributed by atoms with Crippen LogP contribution in [0.2, 0.25) is 0 Å². The average molecular weight is 288 g/mol. The van der Waals surface area contributed by atoms with E-state index in [-0.39, 0.29) is 16.3 Å². The Morgan fingerprint density at radius 3 is 2.47 bits per heavy atom. The number of hydrogen-bond donors (Lipinski definition) is 2. The number of nitro groups is 1. The lowest BCUT2D eigenvalue weighted by molar-refractivity contribution is -0.384. The van der Waals surface area contributed by atoms with Crippen LogP contribution in [0.1, 0.15) is 6.92 Å². The van der Waals surface area contributed by atoms with Crippen molar-refractivity contribution in [2.45, 2.75) is 11.8 Å². The van der Waals surface area contributed by atoms with E-state index in [2.05, 4.69) is 10.1 Å². The molecule has 2 N–H and O–H groups in total. The molecule has 9 heteroatoms. The van der Waals surface area contributed by atoms with Crippen LogP contribution in [0.4, 0.5) is 11.4 Å². The second kappa shape index (κ2) is 5.95. The van der Waals surface area contributed by atoms with E-state index >= 15 is 0 Å². The molecule has 106 valence electrons. The Kier molecular flexibility index (Phi) is 4.81. The van der Waals surface area contributed by atoms with Crippen molar-refractivity contribution in [2.24, 2.45) is 0 Å². The number of hydrogen-bond acceptors (Lipinski definition) is 6. The lowest BCUT2D eigenvalue weighted by Crippen LogP contribution is -2.36. The summed E-state index contributed by atoms with van der Waals surface area (Å²) in [4.78, 5) is 12.5. The third kappa shape index (κ3) is 3.88. The summed E-state index contributed by atoms with van der Waals surface area (Å²) >= 11 is 0. The van der Waals surface area contributed by atoms with Crippen molar-refractivity contribution in [1.29, 1.82) is 0 Å². The molecular formula is C10H16N4O4S. The first kappa shape index (κ1) is 15.3. The van der Waals surface area contributed by atoms with Gasteiger partial charge in [-0.3, -0.25) is 10.1 Å². The van der Waals surface area contributed by atoms with Gasteiger partial charge in [-0.05, 0) is 19.1 Å². The molecule has 0 aliphatic carbocycles. The first-order chi connectivity index (χ1) is 8.77. The third-order valence-corrected chi connectivity index (χ3v) is 3.63. The van der Waals surface area contributed by atoms with E-state index in [1.54, 1.807) is 6.92 Å². The van der Waals surface area contributed by atoms with E-state index in [4.69, 9.17) is 0 Å². The number of anilines is 1. The van der Waals surface area contributed by atoms with Gasteiger partial charge in [-0.2, -0.15) is 0 Å². The van der Waals surface area contributed by atoms with E-state index in [1.807, 2.05) is 0 Å². The molecule has 0 aliphatic heterocycles. The molecule has 0 bridgehead atoms. The molecule has 0 atom stereocenters. The van der Waals surface area contributed by atoms with Gasteiger partial charge in [0.15, 0.2) is 0 Å². The monoisotopic (exact) mass is 288 g/mol. The second-order valence-corrected chi connectivity index (χ2v) is 5.62. The van der Waals surface area contributed by atoms with Crippen molar-refractivity contribution in [1.82, 2.24) is 9.84 Å². The summed E-state index contributed by atoms with van der Waals surface area (Å²) in [6.45, 7) is 2.22. The summed E-state index contributed by atoms with van der Waals surface area (Å²) in [6, 6.07) is 3.61. The van der Waals surface area contributed by atoms with Crippen LogP contribution in [-0.2, 0) is 10.0 Å². The lowest BCUT2D eigenvalue weighted by atomic mass is 10.2. The maximum atomic E-state index is 11.9. The van der Waals surface area contributed by atoms with Gasteiger partial charge in [0.05, 0.1) is 9.82 Å². The molecule has 1 rings (SSSR count). The van der Waals surface area contributed by atoms with Gasteiger partial charge >= 0.3 is 0 Å². The van der Waals surface area contributed by atoms with Gasteiger partial charge < -0.3 is 5.32 Å². The molecule has 0 saturated heterocycles. The number of hydrazine groups is 1. The van der Waals surface area contributed by atoms with Crippen molar-refractivity contribution in [3.8, 4) is 0 Å². The topological polar surface area (TPSA) is 105 Å². The number of nitrogens with one attached hydrogen (secondary N) is 2. The fraction of sp³-hybridized carbons (Fsp3) is 0.400. The van der Waals surface area contributed by atoms with Gasteiger partial charge in [0.1, 0.15) is 5.69 Å². The van der Waals surface area contributed by atoms with E-state index in [0.717, 1.165) is 0 Å². The molecule has 0 spiro atoms. The van der Waals surface area contributed by atoms with E-state index in [0.29, 0.717) is 6.54 Å². The maximum Gasteiger partial charge on any atom is 0.292 e. The van der Waals surface area contributed by atoms with Crippen molar-refractivity contribution in [2.75, 3.05) is 26.0 Å². The largest absolute Gasteiger partial charge is 0.380 e. The summed E-state index contributed by atoms with van der Waals surface area (Å²) in [6.07, 6.45) is 0. The van der Waals surface area contributed by atoms with Crippen LogP contribution in [-0.4, -0.2) is 39.0 Å². The highest BCUT2D eigenvalue weighted by Gasteiger charge is 2.20. The fourth-order valence-corrected chi connectivity index (χ4v) is 2.57. The van der Waals surface area contributed by atoms with Gasteiger partial charge in [0, 0.05) is 26.7 Å². The van der Waals surface area contributed by atoms with Crippen molar-refractivity contribution in [3.63, 3.8) is 0 Å². The Balaban J connectivity index is 3.25. The summed E-state index contributed by atoms with van der Waals surface area (Å²) in [5, 5.41) is 14.9. The molecule has 0 heterocycles. The molecule has 0 saturated carbocycles. The summed E-state index contributed by atoms with van der Waals surface area (Å²) in [5.74, 6) is 0. The number of sulfonamides is 1. The summed E-state index contributed by atoms with van der Waals surface area (Å²) in [5.41, 5.74) is 0.0137. The minimum Gasteiger partial charge on any atom is -0.380 e. The summed E-state index contributed by atoms with van der Waals surface area (Å²) in [7, 11) is -0.658. The van der Waals surface area contributed by atoms with E-state index < -0.39 is 14.9 Å². The van der Waals surface area contributed by atoms with Crippen LogP contribution in [0, 0.1) is 10.1 Å². The number of nitro benzene ring substituents is 1. The lowest BCUT2D eigenvalue weighted by Gasteiger charge is -2.13. The van der Waals surface area contributed by atoms with Crippen LogP contribution in [0.3, 0.4) is 0 Å².